The minimum atomic E-state index is 0.667. The van der Waals surface area contributed by atoms with Crippen LogP contribution in [-0.4, -0.2) is 22.6 Å². The van der Waals surface area contributed by atoms with Crippen molar-refractivity contribution < 1.29 is 0 Å². The molecule has 14 heavy (non-hydrogen) atoms. The first-order valence-corrected chi connectivity index (χ1v) is 5.38. The lowest BCUT2D eigenvalue weighted by Crippen LogP contribution is -2.25. The summed E-state index contributed by atoms with van der Waals surface area (Å²) < 4.78 is 0. The SMILES string of the molecule is CCNC1CCC(c2cncnc2)C1. The van der Waals surface area contributed by atoms with Crippen molar-refractivity contribution in [2.24, 2.45) is 0 Å². The zero-order chi connectivity index (χ0) is 9.80. The summed E-state index contributed by atoms with van der Waals surface area (Å²) in [5.41, 5.74) is 1.30. The van der Waals surface area contributed by atoms with Gasteiger partial charge in [0.05, 0.1) is 0 Å². The van der Waals surface area contributed by atoms with Gasteiger partial charge in [0.1, 0.15) is 6.33 Å². The molecule has 1 saturated carbocycles. The Balaban J connectivity index is 1.96. The minimum absolute atomic E-state index is 0.667. The van der Waals surface area contributed by atoms with Gasteiger partial charge in [-0.25, -0.2) is 9.97 Å². The predicted molar refractivity (Wildman–Crippen MR) is 56.1 cm³/mol. The molecule has 0 aliphatic heterocycles. The fraction of sp³-hybridized carbons (Fsp3) is 0.636. The molecule has 2 atom stereocenters. The molecule has 1 heterocycles. The Labute approximate surface area is 85.0 Å². The van der Waals surface area contributed by atoms with Crippen LogP contribution in [0.15, 0.2) is 18.7 Å². The summed E-state index contributed by atoms with van der Waals surface area (Å²) in [6, 6.07) is 0.699. The van der Waals surface area contributed by atoms with Crippen molar-refractivity contribution in [3.63, 3.8) is 0 Å². The molecule has 76 valence electrons. The highest BCUT2D eigenvalue weighted by molar-refractivity contribution is 5.12. The summed E-state index contributed by atoms with van der Waals surface area (Å²) in [6.07, 6.45) is 9.29. The predicted octanol–water partition coefficient (Wildman–Crippen LogP) is 1.72. The molecule has 1 aromatic heterocycles. The molecule has 0 radical (unpaired) electrons. The summed E-state index contributed by atoms with van der Waals surface area (Å²) in [5, 5.41) is 3.50. The molecule has 1 N–H and O–H groups in total. The molecule has 0 amide bonds. The van der Waals surface area contributed by atoms with E-state index < -0.39 is 0 Å². The van der Waals surface area contributed by atoms with Crippen LogP contribution >= 0.6 is 0 Å². The molecule has 1 aliphatic carbocycles. The largest absolute Gasteiger partial charge is 0.314 e. The van der Waals surface area contributed by atoms with Crippen LogP contribution in [0.4, 0.5) is 0 Å². The minimum Gasteiger partial charge on any atom is -0.314 e. The maximum Gasteiger partial charge on any atom is 0.115 e. The number of rotatable bonds is 3. The van der Waals surface area contributed by atoms with Gasteiger partial charge in [-0.15, -0.1) is 0 Å². The van der Waals surface area contributed by atoms with Gasteiger partial charge >= 0.3 is 0 Å². The number of nitrogens with zero attached hydrogens (tertiary/aromatic N) is 2. The van der Waals surface area contributed by atoms with Crippen molar-refractivity contribution in [3.8, 4) is 0 Å². The van der Waals surface area contributed by atoms with E-state index in [0.717, 1.165) is 6.54 Å². The van der Waals surface area contributed by atoms with E-state index in [1.54, 1.807) is 6.33 Å². The lowest BCUT2D eigenvalue weighted by molar-refractivity contribution is 0.534. The molecule has 1 fully saturated rings. The molecule has 3 nitrogen and oxygen atoms in total. The summed E-state index contributed by atoms with van der Waals surface area (Å²) in [7, 11) is 0. The quantitative estimate of drug-likeness (QED) is 0.790. The lowest BCUT2D eigenvalue weighted by atomic mass is 10.0. The van der Waals surface area contributed by atoms with Crippen LogP contribution in [0.25, 0.3) is 0 Å². The standard InChI is InChI=1S/C11H17N3/c1-2-14-11-4-3-9(5-11)10-6-12-8-13-7-10/h6-9,11,14H,2-5H2,1H3. The highest BCUT2D eigenvalue weighted by atomic mass is 14.9. The van der Waals surface area contributed by atoms with Crippen LogP contribution in [-0.2, 0) is 0 Å². The maximum atomic E-state index is 4.07. The molecule has 2 rings (SSSR count). The van der Waals surface area contributed by atoms with Crippen LogP contribution in [0.3, 0.4) is 0 Å². The Hall–Kier alpha value is -0.960. The first kappa shape index (κ1) is 9.59. The van der Waals surface area contributed by atoms with E-state index in [1.807, 2.05) is 12.4 Å². The normalized spacial score (nSPS) is 26.6. The molecule has 0 bridgehead atoms. The number of nitrogens with one attached hydrogen (secondary N) is 1. The molecule has 0 saturated heterocycles. The van der Waals surface area contributed by atoms with E-state index in [2.05, 4.69) is 22.2 Å². The first-order valence-electron chi connectivity index (χ1n) is 5.38. The average Bonchev–Trinajstić information content (AvgIpc) is 2.68. The highest BCUT2D eigenvalue weighted by Gasteiger charge is 2.25. The summed E-state index contributed by atoms with van der Waals surface area (Å²) in [5.74, 6) is 0.667. The Morgan fingerprint density at radius 2 is 2.14 bits per heavy atom. The van der Waals surface area contributed by atoms with Crippen molar-refractivity contribution in [2.45, 2.75) is 38.1 Å². The van der Waals surface area contributed by atoms with Crippen LogP contribution in [0.2, 0.25) is 0 Å². The third kappa shape index (κ3) is 2.10. The zero-order valence-electron chi connectivity index (χ0n) is 8.61. The van der Waals surface area contributed by atoms with Gasteiger partial charge in [0, 0.05) is 18.4 Å². The van der Waals surface area contributed by atoms with E-state index in [-0.39, 0.29) is 0 Å². The van der Waals surface area contributed by atoms with Crippen LogP contribution in [0.5, 0.6) is 0 Å². The van der Waals surface area contributed by atoms with E-state index in [1.165, 1.54) is 24.8 Å². The van der Waals surface area contributed by atoms with Gasteiger partial charge in [-0.3, -0.25) is 0 Å². The first-order chi connectivity index (χ1) is 6.90. The van der Waals surface area contributed by atoms with Crippen molar-refractivity contribution in [1.29, 1.82) is 0 Å². The molecule has 3 heteroatoms. The van der Waals surface area contributed by atoms with E-state index >= 15 is 0 Å². The number of hydrogen-bond acceptors (Lipinski definition) is 3. The van der Waals surface area contributed by atoms with Crippen LogP contribution in [0.1, 0.15) is 37.7 Å². The topological polar surface area (TPSA) is 37.8 Å². The van der Waals surface area contributed by atoms with Gasteiger partial charge in [-0.05, 0) is 37.3 Å². The maximum absolute atomic E-state index is 4.07. The second kappa shape index (κ2) is 4.51. The van der Waals surface area contributed by atoms with Gasteiger partial charge in [0.25, 0.3) is 0 Å². The van der Waals surface area contributed by atoms with Gasteiger partial charge in [0.15, 0.2) is 0 Å². The molecule has 1 aliphatic rings. The van der Waals surface area contributed by atoms with Gasteiger partial charge in [-0.2, -0.15) is 0 Å². The Kier molecular flexibility index (Phi) is 3.09. The Bertz CT molecular complexity index is 273. The smallest absolute Gasteiger partial charge is 0.115 e. The molecule has 1 aromatic rings. The van der Waals surface area contributed by atoms with Crippen molar-refractivity contribution >= 4 is 0 Å². The van der Waals surface area contributed by atoms with Crippen molar-refractivity contribution in [3.05, 3.63) is 24.3 Å². The second-order valence-corrected chi connectivity index (χ2v) is 3.94. The Morgan fingerprint density at radius 3 is 2.86 bits per heavy atom. The summed E-state index contributed by atoms with van der Waals surface area (Å²) in [6.45, 7) is 3.24. The molecule has 0 aromatic carbocycles. The van der Waals surface area contributed by atoms with E-state index in [9.17, 15) is 0 Å². The Morgan fingerprint density at radius 1 is 1.36 bits per heavy atom. The highest BCUT2D eigenvalue weighted by Crippen LogP contribution is 2.33. The molecule has 2 unspecified atom stereocenters. The van der Waals surface area contributed by atoms with E-state index in [4.69, 9.17) is 0 Å². The second-order valence-electron chi connectivity index (χ2n) is 3.94. The number of aromatic nitrogens is 2. The molecule has 0 spiro atoms. The molecular weight excluding hydrogens is 174 g/mol. The van der Waals surface area contributed by atoms with Gasteiger partial charge in [-0.1, -0.05) is 6.92 Å². The number of hydrogen-bond donors (Lipinski definition) is 1. The van der Waals surface area contributed by atoms with Crippen molar-refractivity contribution in [2.75, 3.05) is 6.54 Å². The zero-order valence-corrected chi connectivity index (χ0v) is 8.61. The molecular formula is C11H17N3. The van der Waals surface area contributed by atoms with E-state index in [0.29, 0.717) is 12.0 Å². The third-order valence-corrected chi connectivity index (χ3v) is 2.98. The van der Waals surface area contributed by atoms with Crippen LogP contribution < -0.4 is 5.32 Å². The fourth-order valence-corrected chi connectivity index (χ4v) is 2.28. The summed E-state index contributed by atoms with van der Waals surface area (Å²) in [4.78, 5) is 8.14. The van der Waals surface area contributed by atoms with Gasteiger partial charge < -0.3 is 5.32 Å². The van der Waals surface area contributed by atoms with Crippen molar-refractivity contribution in [1.82, 2.24) is 15.3 Å². The third-order valence-electron chi connectivity index (χ3n) is 2.98. The monoisotopic (exact) mass is 191 g/mol. The average molecular weight is 191 g/mol. The van der Waals surface area contributed by atoms with Crippen LogP contribution in [0, 0.1) is 0 Å². The summed E-state index contributed by atoms with van der Waals surface area (Å²) >= 11 is 0. The fourth-order valence-electron chi connectivity index (χ4n) is 2.28. The lowest BCUT2D eigenvalue weighted by Gasteiger charge is -2.11. The van der Waals surface area contributed by atoms with Gasteiger partial charge in [0.2, 0.25) is 0 Å².